The Morgan fingerprint density at radius 2 is 1.66 bits per heavy atom. The molecule has 0 saturated heterocycles. The highest BCUT2D eigenvalue weighted by Crippen LogP contribution is 2.35. The Kier molecular flexibility index (Phi) is 8.22. The van der Waals surface area contributed by atoms with Gasteiger partial charge in [0.2, 0.25) is 5.82 Å². The highest BCUT2D eigenvalue weighted by atomic mass is 16.5. The molecule has 4 heteroatoms. The molecule has 0 bridgehead atoms. The van der Waals surface area contributed by atoms with Gasteiger partial charge < -0.3 is 9.42 Å². The van der Waals surface area contributed by atoms with E-state index in [-0.39, 0.29) is 5.41 Å². The third kappa shape index (κ3) is 6.91. The summed E-state index contributed by atoms with van der Waals surface area (Å²) in [6, 6.07) is 20.0. The van der Waals surface area contributed by atoms with Crippen LogP contribution in [-0.2, 0) is 11.8 Å². The van der Waals surface area contributed by atoms with E-state index in [1.54, 1.807) is 0 Å². The molecule has 35 heavy (non-hydrogen) atoms. The summed E-state index contributed by atoms with van der Waals surface area (Å²) < 4.78 is 5.52. The first kappa shape index (κ1) is 25.4. The lowest BCUT2D eigenvalue weighted by Gasteiger charge is -2.37. The summed E-state index contributed by atoms with van der Waals surface area (Å²) >= 11 is 0. The lowest BCUT2D eigenvalue weighted by Crippen LogP contribution is -2.37. The van der Waals surface area contributed by atoms with Gasteiger partial charge in [0, 0.05) is 11.6 Å². The van der Waals surface area contributed by atoms with Crippen molar-refractivity contribution in [3.63, 3.8) is 0 Å². The molecular weight excluding hydrogens is 430 g/mol. The van der Waals surface area contributed by atoms with Crippen LogP contribution in [0.3, 0.4) is 0 Å². The van der Waals surface area contributed by atoms with Crippen LogP contribution in [-0.4, -0.2) is 35.2 Å². The zero-order valence-electron chi connectivity index (χ0n) is 22.1. The molecule has 186 valence electrons. The van der Waals surface area contributed by atoms with Crippen molar-refractivity contribution in [3.8, 4) is 11.4 Å². The van der Waals surface area contributed by atoms with E-state index >= 15 is 0 Å². The van der Waals surface area contributed by atoms with Crippen LogP contribution in [0.4, 0.5) is 0 Å². The normalized spacial score (nSPS) is 19.9. The molecular formula is C31H41N3O. The second kappa shape index (κ2) is 11.3. The van der Waals surface area contributed by atoms with Gasteiger partial charge in [0.05, 0.1) is 0 Å². The third-order valence-corrected chi connectivity index (χ3v) is 7.56. The number of allylic oxidation sites excluding steroid dienone is 1. The summed E-state index contributed by atoms with van der Waals surface area (Å²) in [6.07, 6.45) is 11.7. The minimum atomic E-state index is 0.136. The van der Waals surface area contributed by atoms with Crippen LogP contribution in [0.2, 0.25) is 0 Å². The van der Waals surface area contributed by atoms with Crippen molar-refractivity contribution in [3.05, 3.63) is 77.7 Å². The molecule has 2 aromatic carbocycles. The zero-order chi connectivity index (χ0) is 24.8. The molecule has 1 aromatic heterocycles. The van der Waals surface area contributed by atoms with Crippen molar-refractivity contribution >= 4 is 6.08 Å². The summed E-state index contributed by atoms with van der Waals surface area (Å²) in [4.78, 5) is 7.05. The molecule has 1 unspecified atom stereocenters. The fourth-order valence-electron chi connectivity index (χ4n) is 5.35. The van der Waals surface area contributed by atoms with Gasteiger partial charge in [-0.1, -0.05) is 86.6 Å². The van der Waals surface area contributed by atoms with E-state index in [0.29, 0.717) is 23.7 Å². The minimum absolute atomic E-state index is 0.136. The van der Waals surface area contributed by atoms with E-state index in [2.05, 4.69) is 111 Å². The Hall–Kier alpha value is -2.72. The monoisotopic (exact) mass is 471 g/mol. The predicted molar refractivity (Wildman–Crippen MR) is 145 cm³/mol. The number of aromatic nitrogens is 2. The lowest BCUT2D eigenvalue weighted by molar-refractivity contribution is 0.150. The van der Waals surface area contributed by atoms with Crippen LogP contribution >= 0.6 is 0 Å². The average molecular weight is 472 g/mol. The first-order valence-corrected chi connectivity index (χ1v) is 13.1. The quantitative estimate of drug-likeness (QED) is 0.343. The van der Waals surface area contributed by atoms with Gasteiger partial charge in [0.15, 0.2) is 0 Å². The first-order valence-electron chi connectivity index (χ1n) is 13.1. The smallest absolute Gasteiger partial charge is 0.250 e. The molecule has 1 atom stereocenters. The van der Waals surface area contributed by atoms with Crippen LogP contribution in [0.5, 0.6) is 0 Å². The van der Waals surface area contributed by atoms with Gasteiger partial charge in [0.1, 0.15) is 0 Å². The summed E-state index contributed by atoms with van der Waals surface area (Å²) in [5.41, 5.74) is 3.88. The highest BCUT2D eigenvalue weighted by Gasteiger charge is 2.28. The molecule has 1 saturated carbocycles. The van der Waals surface area contributed by atoms with Crippen molar-refractivity contribution in [1.82, 2.24) is 15.0 Å². The molecule has 0 N–H and O–H groups in total. The van der Waals surface area contributed by atoms with Gasteiger partial charge in [-0.2, -0.15) is 4.98 Å². The van der Waals surface area contributed by atoms with Gasteiger partial charge in [-0.15, -0.1) is 0 Å². The van der Waals surface area contributed by atoms with Crippen molar-refractivity contribution in [1.29, 1.82) is 0 Å². The lowest BCUT2D eigenvalue weighted by atomic mass is 9.76. The molecule has 4 rings (SSSR count). The molecule has 3 aromatic rings. The van der Waals surface area contributed by atoms with E-state index in [4.69, 9.17) is 4.52 Å². The first-order chi connectivity index (χ1) is 16.8. The summed E-state index contributed by atoms with van der Waals surface area (Å²) in [7, 11) is 4.48. The minimum Gasteiger partial charge on any atom is -0.334 e. The second-order valence-corrected chi connectivity index (χ2v) is 11.4. The largest absolute Gasteiger partial charge is 0.334 e. The van der Waals surface area contributed by atoms with Gasteiger partial charge in [-0.25, -0.2) is 0 Å². The number of aryl methyl sites for hydroxylation is 1. The van der Waals surface area contributed by atoms with E-state index < -0.39 is 0 Å². The van der Waals surface area contributed by atoms with Gasteiger partial charge in [-0.05, 0) is 87.1 Å². The maximum absolute atomic E-state index is 5.52. The Labute approximate surface area is 211 Å². The molecule has 1 aliphatic rings. The van der Waals surface area contributed by atoms with Crippen molar-refractivity contribution < 1.29 is 4.52 Å². The number of hydrogen-bond donors (Lipinski definition) is 0. The molecule has 4 nitrogen and oxygen atoms in total. The fourth-order valence-corrected chi connectivity index (χ4v) is 5.35. The van der Waals surface area contributed by atoms with E-state index in [1.807, 2.05) is 6.08 Å². The van der Waals surface area contributed by atoms with Crippen LogP contribution in [0.15, 0.2) is 65.2 Å². The van der Waals surface area contributed by atoms with Crippen molar-refractivity contribution in [2.24, 2.45) is 11.8 Å². The summed E-state index contributed by atoms with van der Waals surface area (Å²) in [6.45, 7) is 6.66. The number of nitrogens with zero attached hydrogens (tertiary/aromatic N) is 3. The number of hydrogen-bond acceptors (Lipinski definition) is 4. The molecule has 0 amide bonds. The van der Waals surface area contributed by atoms with Crippen molar-refractivity contribution in [2.45, 2.75) is 70.8 Å². The van der Waals surface area contributed by atoms with Crippen LogP contribution in [0.25, 0.3) is 17.5 Å². The van der Waals surface area contributed by atoms with Crippen molar-refractivity contribution in [2.75, 3.05) is 14.1 Å². The molecule has 0 spiro atoms. The van der Waals surface area contributed by atoms with E-state index in [9.17, 15) is 0 Å². The third-order valence-electron chi connectivity index (χ3n) is 7.56. The van der Waals surface area contributed by atoms with Gasteiger partial charge in [-0.3, -0.25) is 0 Å². The van der Waals surface area contributed by atoms with Gasteiger partial charge in [0.25, 0.3) is 5.89 Å². The van der Waals surface area contributed by atoms with E-state index in [0.717, 1.165) is 17.9 Å². The average Bonchev–Trinajstić information content (AvgIpc) is 3.33. The Morgan fingerprint density at radius 1 is 0.971 bits per heavy atom. The van der Waals surface area contributed by atoms with Gasteiger partial charge >= 0.3 is 0 Å². The standard InChI is InChI=1S/C31H41N3O/c1-31(2,3)27-19-17-26(18-20-27)30-32-29(35-33-30)22-14-24-11-15-25(16-12-24)28(34(4)5)21-13-23-9-7-6-8-10-23/h6-10,14,17-20,22,24-25,28H,11-13,15-16,21H2,1-5H3. The Bertz CT molecular complexity index is 1070. The SMILES string of the molecule is CN(C)C(CCc1ccccc1)C1CCC(C=Cc2nc(-c3ccc(C(C)(C)C)cc3)no2)CC1. The molecule has 1 aliphatic carbocycles. The van der Waals surface area contributed by atoms with Crippen LogP contribution in [0.1, 0.15) is 69.9 Å². The maximum Gasteiger partial charge on any atom is 0.250 e. The molecule has 1 heterocycles. The predicted octanol–water partition coefficient (Wildman–Crippen LogP) is 7.42. The molecule has 0 aliphatic heterocycles. The number of rotatable bonds is 8. The maximum atomic E-state index is 5.52. The summed E-state index contributed by atoms with van der Waals surface area (Å²) in [5, 5.41) is 4.20. The summed E-state index contributed by atoms with van der Waals surface area (Å²) in [5.74, 6) is 2.60. The zero-order valence-corrected chi connectivity index (χ0v) is 22.1. The second-order valence-electron chi connectivity index (χ2n) is 11.4. The molecule has 1 fully saturated rings. The highest BCUT2D eigenvalue weighted by molar-refractivity contribution is 5.56. The van der Waals surface area contributed by atoms with Crippen LogP contribution < -0.4 is 0 Å². The number of benzene rings is 2. The Balaban J connectivity index is 1.29. The Morgan fingerprint density at radius 3 is 2.29 bits per heavy atom. The molecule has 0 radical (unpaired) electrons. The topological polar surface area (TPSA) is 42.2 Å². The van der Waals surface area contributed by atoms with Crippen LogP contribution in [0, 0.1) is 11.8 Å². The van der Waals surface area contributed by atoms with E-state index in [1.165, 1.54) is 43.2 Å². The fraction of sp³-hybridized carbons (Fsp3) is 0.484.